The van der Waals surface area contributed by atoms with Gasteiger partial charge >= 0.3 is 5.97 Å². The number of rotatable bonds is 7. The first kappa shape index (κ1) is 21.5. The molecule has 0 saturated heterocycles. The largest absolute Gasteiger partial charge is 0.493 e. The third-order valence-electron chi connectivity index (χ3n) is 5.55. The van der Waals surface area contributed by atoms with Gasteiger partial charge in [0, 0.05) is 6.42 Å². The number of ether oxygens (including phenoxy) is 1. The van der Waals surface area contributed by atoms with Crippen LogP contribution in [0.25, 0.3) is 17.2 Å². The van der Waals surface area contributed by atoms with E-state index in [1.54, 1.807) is 18.2 Å². The van der Waals surface area contributed by atoms with Crippen LogP contribution < -0.4 is 4.74 Å². The zero-order valence-corrected chi connectivity index (χ0v) is 17.6. The summed E-state index contributed by atoms with van der Waals surface area (Å²) in [4.78, 5) is 11.3. The second-order valence-corrected chi connectivity index (χ2v) is 7.72. The number of hydrogen-bond donors (Lipinski definition) is 1. The zero-order valence-electron chi connectivity index (χ0n) is 17.6. The molecule has 0 aliphatic heterocycles. The number of halogens is 2. The first-order valence-corrected chi connectivity index (χ1v) is 10.3. The number of carbonyl (C=O) groups is 1. The smallest absolute Gasteiger partial charge is 0.307 e. The number of hydrogen-bond acceptors (Lipinski definition) is 2. The van der Waals surface area contributed by atoms with Crippen molar-refractivity contribution < 1.29 is 23.4 Å². The monoisotopic (exact) mass is 432 g/mol. The Labute approximate surface area is 185 Å². The van der Waals surface area contributed by atoms with Crippen molar-refractivity contribution in [3.8, 4) is 5.75 Å². The minimum atomic E-state index is -0.942. The average molecular weight is 432 g/mol. The Bertz CT molecular complexity index is 1210. The van der Waals surface area contributed by atoms with Crippen molar-refractivity contribution in [2.75, 3.05) is 6.61 Å². The van der Waals surface area contributed by atoms with Gasteiger partial charge in [0.1, 0.15) is 17.4 Å². The van der Waals surface area contributed by atoms with E-state index in [1.807, 2.05) is 37.3 Å². The van der Waals surface area contributed by atoms with E-state index in [1.165, 1.54) is 24.3 Å². The quantitative estimate of drug-likeness (QED) is 0.471. The minimum absolute atomic E-state index is 0.146. The molecule has 0 aromatic heterocycles. The summed E-state index contributed by atoms with van der Waals surface area (Å²) < 4.78 is 32.4. The Hall–Kier alpha value is -3.73. The van der Waals surface area contributed by atoms with Crippen molar-refractivity contribution in [3.05, 3.63) is 106 Å². The van der Waals surface area contributed by atoms with Crippen molar-refractivity contribution in [2.24, 2.45) is 0 Å². The molecule has 0 bridgehead atoms. The molecule has 3 aromatic rings. The summed E-state index contributed by atoms with van der Waals surface area (Å²) in [6, 6.07) is 18.5. The highest BCUT2D eigenvalue weighted by molar-refractivity contribution is 6.07. The summed E-state index contributed by atoms with van der Waals surface area (Å²) in [7, 11) is 0. The molecule has 162 valence electrons. The van der Waals surface area contributed by atoms with Gasteiger partial charge in [0.25, 0.3) is 0 Å². The number of fused-ring (bicyclic) bond motifs is 1. The van der Waals surface area contributed by atoms with Gasteiger partial charge < -0.3 is 9.84 Å². The van der Waals surface area contributed by atoms with Gasteiger partial charge in [-0.05, 0) is 88.4 Å². The van der Waals surface area contributed by atoms with Crippen LogP contribution in [-0.4, -0.2) is 17.7 Å². The molecule has 1 aliphatic rings. The molecular formula is C27H22F2O3. The van der Waals surface area contributed by atoms with Crippen LogP contribution in [0.5, 0.6) is 5.75 Å². The molecule has 4 rings (SSSR count). The van der Waals surface area contributed by atoms with Crippen LogP contribution in [0, 0.1) is 11.6 Å². The third kappa shape index (κ3) is 4.78. The molecular weight excluding hydrogens is 410 g/mol. The van der Waals surface area contributed by atoms with E-state index in [9.17, 15) is 18.7 Å². The Morgan fingerprint density at radius 2 is 1.62 bits per heavy atom. The first-order valence-electron chi connectivity index (χ1n) is 10.3. The molecule has 3 nitrogen and oxygen atoms in total. The van der Waals surface area contributed by atoms with E-state index in [2.05, 4.69) is 0 Å². The summed E-state index contributed by atoms with van der Waals surface area (Å²) in [5, 5.41) is 9.27. The number of allylic oxidation sites excluding steroid dienone is 2. The predicted molar refractivity (Wildman–Crippen MR) is 121 cm³/mol. The Morgan fingerprint density at radius 1 is 0.938 bits per heavy atom. The molecule has 0 spiro atoms. The minimum Gasteiger partial charge on any atom is -0.493 e. The number of carboxylic acids is 1. The van der Waals surface area contributed by atoms with Crippen LogP contribution in [-0.2, 0) is 11.2 Å². The highest BCUT2D eigenvalue weighted by Crippen LogP contribution is 2.43. The van der Waals surface area contributed by atoms with Crippen molar-refractivity contribution in [3.63, 3.8) is 0 Å². The van der Waals surface area contributed by atoms with Crippen LogP contribution in [0.15, 0.2) is 72.3 Å². The maximum atomic E-state index is 13.8. The maximum absolute atomic E-state index is 13.8. The molecule has 5 heteroatoms. The summed E-state index contributed by atoms with van der Waals surface area (Å²) >= 11 is 0. The summed E-state index contributed by atoms with van der Waals surface area (Å²) in [6.45, 7) is 2.36. The number of carboxylic acid groups (broad SMARTS) is 1. The lowest BCUT2D eigenvalue weighted by Crippen LogP contribution is -2.01. The fourth-order valence-corrected chi connectivity index (χ4v) is 3.90. The van der Waals surface area contributed by atoms with Crippen LogP contribution in [0.4, 0.5) is 8.78 Å². The van der Waals surface area contributed by atoms with Crippen molar-refractivity contribution in [2.45, 2.75) is 19.8 Å². The number of benzene rings is 3. The molecule has 1 aliphatic carbocycles. The normalized spacial score (nSPS) is 14.0. The highest BCUT2D eigenvalue weighted by Gasteiger charge is 2.25. The fourth-order valence-electron chi connectivity index (χ4n) is 3.90. The first-order chi connectivity index (χ1) is 15.4. The average Bonchev–Trinajstić information content (AvgIpc) is 3.01. The Morgan fingerprint density at radius 3 is 2.31 bits per heavy atom. The molecule has 1 N–H and O–H groups in total. The van der Waals surface area contributed by atoms with Crippen LogP contribution in [0.2, 0.25) is 0 Å². The van der Waals surface area contributed by atoms with E-state index < -0.39 is 5.97 Å². The van der Waals surface area contributed by atoms with Crippen LogP contribution in [0.3, 0.4) is 0 Å². The molecule has 0 heterocycles. The standard InChI is InChI=1S/C27H22F2O3/c1-17-24(23-11-8-21(29)15-26(23)25(17)16-27(30)31)14-19-4-2-18(3-5-19)12-13-32-22-9-6-20(28)7-10-22/h2-11,14-15H,12-13,16H2,1H3,(H,30,31)/b24-14-. The Kier molecular flexibility index (Phi) is 6.17. The van der Waals surface area contributed by atoms with Gasteiger partial charge in [-0.25, -0.2) is 8.78 Å². The van der Waals surface area contributed by atoms with E-state index in [0.717, 1.165) is 27.8 Å². The molecule has 0 amide bonds. The second kappa shape index (κ2) is 9.18. The number of aliphatic carboxylic acids is 1. The topological polar surface area (TPSA) is 46.5 Å². The van der Waals surface area contributed by atoms with Gasteiger partial charge in [-0.15, -0.1) is 0 Å². The SMILES string of the molecule is CC1=C(CC(=O)O)c2cc(F)ccc2/C1=C\c1ccc(CCOc2ccc(F)cc2)cc1. The molecule has 3 aromatic carbocycles. The fraction of sp³-hybridized carbons (Fsp3) is 0.148. The summed E-state index contributed by atoms with van der Waals surface area (Å²) in [5.74, 6) is -0.989. The van der Waals surface area contributed by atoms with E-state index in [4.69, 9.17) is 4.74 Å². The van der Waals surface area contributed by atoms with Crippen LogP contribution >= 0.6 is 0 Å². The van der Waals surface area contributed by atoms with Gasteiger partial charge in [-0.1, -0.05) is 30.3 Å². The lowest BCUT2D eigenvalue weighted by Gasteiger charge is -2.07. The predicted octanol–water partition coefficient (Wildman–Crippen LogP) is 6.39. The van der Waals surface area contributed by atoms with Gasteiger partial charge in [0.2, 0.25) is 0 Å². The molecule has 32 heavy (non-hydrogen) atoms. The van der Waals surface area contributed by atoms with Gasteiger partial charge in [-0.2, -0.15) is 0 Å². The van der Waals surface area contributed by atoms with Gasteiger partial charge in [0.15, 0.2) is 0 Å². The molecule has 0 saturated carbocycles. The van der Waals surface area contributed by atoms with Crippen LogP contribution in [0.1, 0.15) is 35.6 Å². The van der Waals surface area contributed by atoms with Crippen molar-refractivity contribution >= 4 is 23.2 Å². The van der Waals surface area contributed by atoms with Gasteiger partial charge in [0.05, 0.1) is 13.0 Å². The molecule has 0 radical (unpaired) electrons. The maximum Gasteiger partial charge on any atom is 0.307 e. The molecule has 0 unspecified atom stereocenters. The van der Waals surface area contributed by atoms with E-state index >= 15 is 0 Å². The lowest BCUT2D eigenvalue weighted by atomic mass is 10.00. The van der Waals surface area contributed by atoms with E-state index in [-0.39, 0.29) is 18.1 Å². The highest BCUT2D eigenvalue weighted by atomic mass is 19.1. The zero-order chi connectivity index (χ0) is 22.7. The van der Waals surface area contributed by atoms with Gasteiger partial charge in [-0.3, -0.25) is 4.79 Å². The second-order valence-electron chi connectivity index (χ2n) is 7.72. The molecule has 0 fully saturated rings. The third-order valence-corrected chi connectivity index (χ3v) is 5.55. The summed E-state index contributed by atoms with van der Waals surface area (Å²) in [6.07, 6.45) is 2.56. The van der Waals surface area contributed by atoms with Crippen molar-refractivity contribution in [1.82, 2.24) is 0 Å². The lowest BCUT2D eigenvalue weighted by molar-refractivity contribution is -0.135. The summed E-state index contributed by atoms with van der Waals surface area (Å²) in [5.41, 5.74) is 5.96. The van der Waals surface area contributed by atoms with Crippen molar-refractivity contribution in [1.29, 1.82) is 0 Å². The molecule has 0 atom stereocenters. The Balaban J connectivity index is 1.50. The van der Waals surface area contributed by atoms with E-state index in [0.29, 0.717) is 29.9 Å².